The van der Waals surface area contributed by atoms with Gasteiger partial charge in [0.25, 0.3) is 0 Å². The second-order valence-electron chi connectivity index (χ2n) is 0.204. The van der Waals surface area contributed by atoms with E-state index in [1.807, 2.05) is 0 Å². The van der Waals surface area contributed by atoms with Crippen molar-refractivity contribution in [2.75, 3.05) is 0 Å². The molecule has 0 aliphatic rings. The van der Waals surface area contributed by atoms with E-state index >= 15 is 0 Å². The van der Waals surface area contributed by atoms with Crippen LogP contribution < -0.4 is 0 Å². The first-order valence-corrected chi connectivity index (χ1v) is 0.704. The van der Waals surface area contributed by atoms with Crippen LogP contribution in [0.15, 0.2) is 0 Å². The van der Waals surface area contributed by atoms with Crippen LogP contribution in [0.2, 0.25) is 0 Å². The third-order valence-corrected chi connectivity index (χ3v) is 0. The number of rotatable bonds is 0. The molecule has 1 nitrogen and oxygen atoms in total. The van der Waals surface area contributed by atoms with Crippen LogP contribution >= 0.6 is 0 Å². The first-order valence-electron chi connectivity index (χ1n) is 0.704. The molecule has 0 N–H and O–H groups in total. The van der Waals surface area contributed by atoms with E-state index in [9.17, 15) is 0 Å². The molecule has 0 aliphatic carbocycles. The maximum Gasteiger partial charge on any atom is 0.195 e. The summed E-state index contributed by atoms with van der Waals surface area (Å²) < 4.78 is 0. The molecule has 0 spiro atoms. The molecule has 0 aliphatic heterocycles. The van der Waals surface area contributed by atoms with Gasteiger partial charge >= 0.3 is 0 Å². The molecule has 2 heteroatoms. The molecule has 0 saturated heterocycles. The third kappa shape index (κ3) is 11.7. The van der Waals surface area contributed by atoms with Gasteiger partial charge in [-0.1, -0.05) is 0 Å². The Labute approximate surface area is 58.7 Å². The Kier molecular flexibility index (Phi) is 20.0. The zero-order valence-corrected chi connectivity index (χ0v) is 6.19. The monoisotopic (exact) mass is 184 g/mol. The predicted octanol–water partition coefficient (Wildman–Crippen LogP) is 0.116. The van der Waals surface area contributed by atoms with Gasteiger partial charge in [-0.05, 0) is 0 Å². The van der Waals surface area contributed by atoms with E-state index in [-0.39, 0.29) is 41.3 Å². The van der Waals surface area contributed by atoms with Gasteiger partial charge in [-0.25, -0.2) is 0 Å². The summed E-state index contributed by atoms with van der Waals surface area (Å²) in [5, 5.41) is 0. The van der Waals surface area contributed by atoms with Gasteiger partial charge in [0.1, 0.15) is 0 Å². The minimum absolute atomic E-state index is 0. The van der Waals surface area contributed by atoms with Crippen molar-refractivity contribution in [3.63, 3.8) is 0 Å². The largest absolute Gasteiger partial charge is 0.291 e. The van der Waals surface area contributed by atoms with Crippen molar-refractivity contribution in [2.24, 2.45) is 0 Å². The molecule has 0 aromatic rings. The Morgan fingerprint density at radius 3 is 1.75 bits per heavy atom. The van der Waals surface area contributed by atoms with Crippen molar-refractivity contribution in [3.8, 4) is 0 Å². The van der Waals surface area contributed by atoms with E-state index in [4.69, 9.17) is 4.79 Å². The van der Waals surface area contributed by atoms with Gasteiger partial charge in [0, 0.05) is 48.2 Å². The normalized spacial score (nSPS) is 3.25. The maximum absolute atomic E-state index is 8.68. The first kappa shape index (κ1) is 8.90. The molecule has 0 atom stereocenters. The SMILES string of the molecule is C[C]=O.[Pr]. The van der Waals surface area contributed by atoms with Crippen LogP contribution in [0.3, 0.4) is 0 Å². The van der Waals surface area contributed by atoms with E-state index in [2.05, 4.69) is 0 Å². The summed E-state index contributed by atoms with van der Waals surface area (Å²) in [6.45, 7) is 1.32. The predicted molar refractivity (Wildman–Crippen MR) is 11.4 cm³/mol. The molecule has 0 aromatic heterocycles. The van der Waals surface area contributed by atoms with Crippen molar-refractivity contribution in [1.82, 2.24) is 0 Å². The summed E-state index contributed by atoms with van der Waals surface area (Å²) in [6, 6.07) is 0. The zero-order chi connectivity index (χ0) is 2.71. The summed E-state index contributed by atoms with van der Waals surface area (Å²) in [4.78, 5) is 8.68. The number of hydrogen-bond acceptors (Lipinski definition) is 1. The fraction of sp³-hybridized carbons (Fsp3) is 0.500. The van der Waals surface area contributed by atoms with E-state index in [1.54, 1.807) is 0 Å². The Hall–Kier alpha value is 1.03. The summed E-state index contributed by atoms with van der Waals surface area (Å²) in [7, 11) is 0. The molecule has 0 bridgehead atoms. The molecule has 0 unspecified atom stereocenters. The molecular weight excluding hydrogens is 181 g/mol. The van der Waals surface area contributed by atoms with Gasteiger partial charge in [-0.15, -0.1) is 0 Å². The number of carbonyl (C=O) groups excluding carboxylic acids is 1. The first-order chi connectivity index (χ1) is 1.41. The molecule has 20 valence electrons. The average Bonchev–Trinajstić information content (AvgIpc) is 0.918. The van der Waals surface area contributed by atoms with Gasteiger partial charge in [0.15, 0.2) is 6.29 Å². The Bertz CT molecular complexity index is 13.5. The molecule has 2 radical (unpaired) electrons. The van der Waals surface area contributed by atoms with E-state index < -0.39 is 0 Å². The molecule has 0 amide bonds. The van der Waals surface area contributed by atoms with Crippen molar-refractivity contribution < 1.29 is 46.1 Å². The van der Waals surface area contributed by atoms with Crippen LogP contribution in [0.5, 0.6) is 0 Å². The molecule has 0 saturated carbocycles. The Morgan fingerprint density at radius 2 is 1.75 bits per heavy atom. The van der Waals surface area contributed by atoms with Crippen molar-refractivity contribution in [2.45, 2.75) is 6.92 Å². The standard InChI is InChI=1S/C2H3O.Pr/c1-2-3;/h1H3;. The average molecular weight is 184 g/mol. The van der Waals surface area contributed by atoms with Crippen molar-refractivity contribution in [1.29, 1.82) is 0 Å². The molecule has 0 rings (SSSR count). The maximum atomic E-state index is 8.68. The van der Waals surface area contributed by atoms with Gasteiger partial charge in [-0.2, -0.15) is 0 Å². The van der Waals surface area contributed by atoms with Crippen molar-refractivity contribution >= 4 is 6.29 Å². The van der Waals surface area contributed by atoms with Gasteiger partial charge in [0.2, 0.25) is 0 Å². The summed E-state index contributed by atoms with van der Waals surface area (Å²) in [6.07, 6.45) is 1.50. The van der Waals surface area contributed by atoms with E-state index in [0.717, 1.165) is 0 Å². The minimum atomic E-state index is 0. The second-order valence-corrected chi connectivity index (χ2v) is 0.204. The summed E-state index contributed by atoms with van der Waals surface area (Å²) in [5.74, 6) is 0. The van der Waals surface area contributed by atoms with Gasteiger partial charge in [-0.3, -0.25) is 4.79 Å². The van der Waals surface area contributed by atoms with Crippen LogP contribution in [0.1, 0.15) is 6.92 Å². The third-order valence-electron chi connectivity index (χ3n) is 0. The second kappa shape index (κ2) is 8.98. The van der Waals surface area contributed by atoms with Gasteiger partial charge in [0.05, 0.1) is 0 Å². The molecule has 0 heterocycles. The Balaban J connectivity index is 0. The van der Waals surface area contributed by atoms with Crippen LogP contribution in [0.4, 0.5) is 0 Å². The van der Waals surface area contributed by atoms with Crippen LogP contribution in [-0.2, 0) is 4.79 Å². The van der Waals surface area contributed by atoms with Crippen LogP contribution in [0.25, 0.3) is 0 Å². The topological polar surface area (TPSA) is 17.1 Å². The van der Waals surface area contributed by atoms with Gasteiger partial charge < -0.3 is 0 Å². The van der Waals surface area contributed by atoms with Crippen LogP contribution in [0, 0.1) is 41.3 Å². The minimum Gasteiger partial charge on any atom is -0.291 e. The number of hydrogen-bond donors (Lipinski definition) is 0. The van der Waals surface area contributed by atoms with E-state index in [1.165, 1.54) is 13.2 Å². The molecular formula is C2H3OPr. The van der Waals surface area contributed by atoms with E-state index in [0.29, 0.717) is 0 Å². The fourth-order valence-electron chi connectivity index (χ4n) is 0. The molecule has 4 heavy (non-hydrogen) atoms. The fourth-order valence-corrected chi connectivity index (χ4v) is 0. The summed E-state index contributed by atoms with van der Waals surface area (Å²) >= 11 is 0. The molecule has 0 aromatic carbocycles. The quantitative estimate of drug-likeness (QED) is 0.522. The van der Waals surface area contributed by atoms with Crippen LogP contribution in [-0.4, -0.2) is 6.29 Å². The van der Waals surface area contributed by atoms with Crippen molar-refractivity contribution in [3.05, 3.63) is 0 Å². The summed E-state index contributed by atoms with van der Waals surface area (Å²) in [5.41, 5.74) is 0. The Morgan fingerprint density at radius 1 is 1.75 bits per heavy atom. The molecule has 0 fully saturated rings. The zero-order valence-electron chi connectivity index (χ0n) is 2.49. The smallest absolute Gasteiger partial charge is 0.195 e.